The molecule has 6 heteroatoms. The van der Waals surface area contributed by atoms with E-state index in [9.17, 15) is 8.42 Å². The molecule has 0 fully saturated rings. The third-order valence-electron chi connectivity index (χ3n) is 2.47. The minimum atomic E-state index is -3.62. The van der Waals surface area contributed by atoms with Crippen molar-refractivity contribution < 1.29 is 8.42 Å². The molecule has 1 atom stereocenters. The zero-order chi connectivity index (χ0) is 13.6. The van der Waals surface area contributed by atoms with Crippen molar-refractivity contribution in [3.8, 4) is 6.07 Å². The first-order valence-electron chi connectivity index (χ1n) is 5.64. The Bertz CT molecular complexity index is 534. The summed E-state index contributed by atoms with van der Waals surface area (Å²) in [4.78, 5) is 0.0316. The topological polar surface area (TPSA) is 82.0 Å². The van der Waals surface area contributed by atoms with E-state index in [4.69, 9.17) is 5.26 Å². The van der Waals surface area contributed by atoms with Crippen LogP contribution in [-0.4, -0.2) is 28.6 Å². The molecule has 1 aromatic rings. The van der Waals surface area contributed by atoms with Crippen molar-refractivity contribution in [2.75, 3.05) is 20.1 Å². The summed E-state index contributed by atoms with van der Waals surface area (Å²) in [6, 6.07) is 8.05. The second-order valence-corrected chi connectivity index (χ2v) is 5.86. The lowest BCUT2D eigenvalue weighted by atomic mass is 10.2. The molecule has 0 aliphatic carbocycles. The first-order valence-corrected chi connectivity index (χ1v) is 7.13. The molecular weight excluding hydrogens is 250 g/mol. The number of nitriles is 1. The molecule has 1 unspecified atom stereocenters. The fraction of sp³-hybridized carbons (Fsp3) is 0.417. The van der Waals surface area contributed by atoms with Crippen molar-refractivity contribution in [2.24, 2.45) is 5.92 Å². The van der Waals surface area contributed by atoms with Gasteiger partial charge in [0.1, 0.15) is 6.07 Å². The SMILES string of the molecule is CNCC(C)CNS(=O)(=O)c1ccccc1C#N. The lowest BCUT2D eigenvalue weighted by Crippen LogP contribution is -2.32. The lowest BCUT2D eigenvalue weighted by Gasteiger charge is -2.12. The highest BCUT2D eigenvalue weighted by Crippen LogP contribution is 2.14. The molecule has 0 saturated carbocycles. The van der Waals surface area contributed by atoms with E-state index in [0.29, 0.717) is 6.54 Å². The molecule has 0 saturated heterocycles. The van der Waals surface area contributed by atoms with E-state index in [1.165, 1.54) is 12.1 Å². The Labute approximate surface area is 108 Å². The number of hydrogen-bond acceptors (Lipinski definition) is 4. The minimum Gasteiger partial charge on any atom is -0.319 e. The van der Waals surface area contributed by atoms with Gasteiger partial charge in [0.15, 0.2) is 0 Å². The third-order valence-corrected chi connectivity index (χ3v) is 3.95. The normalized spacial score (nSPS) is 12.9. The van der Waals surface area contributed by atoms with Gasteiger partial charge in [0.05, 0.1) is 10.5 Å². The van der Waals surface area contributed by atoms with Gasteiger partial charge < -0.3 is 5.32 Å². The molecule has 0 radical (unpaired) electrons. The molecule has 18 heavy (non-hydrogen) atoms. The first kappa shape index (κ1) is 14.6. The Morgan fingerprint density at radius 1 is 1.33 bits per heavy atom. The molecule has 0 aliphatic heterocycles. The van der Waals surface area contributed by atoms with Gasteiger partial charge in [0, 0.05) is 6.54 Å². The lowest BCUT2D eigenvalue weighted by molar-refractivity contribution is 0.519. The molecule has 0 amide bonds. The number of sulfonamides is 1. The maximum atomic E-state index is 12.0. The van der Waals surface area contributed by atoms with Crippen molar-refractivity contribution in [1.29, 1.82) is 5.26 Å². The van der Waals surface area contributed by atoms with Crippen LogP contribution in [0.5, 0.6) is 0 Å². The fourth-order valence-corrected chi connectivity index (χ4v) is 2.86. The Morgan fingerprint density at radius 3 is 2.61 bits per heavy atom. The predicted molar refractivity (Wildman–Crippen MR) is 69.4 cm³/mol. The van der Waals surface area contributed by atoms with Gasteiger partial charge in [0.25, 0.3) is 0 Å². The molecule has 0 heterocycles. The third kappa shape index (κ3) is 3.81. The summed E-state index contributed by atoms with van der Waals surface area (Å²) in [5, 5.41) is 11.9. The van der Waals surface area contributed by atoms with Gasteiger partial charge in [-0.3, -0.25) is 0 Å². The average Bonchev–Trinajstić information content (AvgIpc) is 2.37. The molecule has 0 aromatic heterocycles. The largest absolute Gasteiger partial charge is 0.319 e. The molecule has 0 bridgehead atoms. The van der Waals surface area contributed by atoms with Crippen LogP contribution >= 0.6 is 0 Å². The van der Waals surface area contributed by atoms with Crippen molar-refractivity contribution in [1.82, 2.24) is 10.0 Å². The minimum absolute atomic E-state index is 0.0316. The van der Waals surface area contributed by atoms with Crippen LogP contribution in [0.15, 0.2) is 29.2 Å². The van der Waals surface area contributed by atoms with Gasteiger partial charge in [-0.25, -0.2) is 13.1 Å². The van der Waals surface area contributed by atoms with Crippen molar-refractivity contribution in [3.63, 3.8) is 0 Å². The van der Waals surface area contributed by atoms with Crippen molar-refractivity contribution in [2.45, 2.75) is 11.8 Å². The van der Waals surface area contributed by atoms with Crippen LogP contribution in [-0.2, 0) is 10.0 Å². The molecule has 2 N–H and O–H groups in total. The summed E-state index contributed by atoms with van der Waals surface area (Å²) >= 11 is 0. The monoisotopic (exact) mass is 267 g/mol. The van der Waals surface area contributed by atoms with E-state index < -0.39 is 10.0 Å². The Kier molecular flexibility index (Phi) is 5.28. The highest BCUT2D eigenvalue weighted by molar-refractivity contribution is 7.89. The zero-order valence-corrected chi connectivity index (χ0v) is 11.3. The van der Waals surface area contributed by atoms with E-state index in [-0.39, 0.29) is 16.4 Å². The molecule has 0 spiro atoms. The van der Waals surface area contributed by atoms with Crippen LogP contribution in [0.1, 0.15) is 12.5 Å². The summed E-state index contributed by atoms with van der Waals surface area (Å²) in [6.45, 7) is 3.00. The van der Waals surface area contributed by atoms with E-state index in [1.807, 2.05) is 20.0 Å². The Balaban J connectivity index is 2.84. The molecule has 5 nitrogen and oxygen atoms in total. The van der Waals surface area contributed by atoms with Gasteiger partial charge >= 0.3 is 0 Å². The first-order chi connectivity index (χ1) is 8.51. The molecule has 98 valence electrons. The Morgan fingerprint density at radius 2 is 2.00 bits per heavy atom. The summed E-state index contributed by atoms with van der Waals surface area (Å²) in [7, 11) is -1.80. The molecule has 1 rings (SSSR count). The van der Waals surface area contributed by atoms with Gasteiger partial charge in [-0.05, 0) is 31.6 Å². The second kappa shape index (κ2) is 6.50. The summed E-state index contributed by atoms with van der Waals surface area (Å²) in [5.74, 6) is 0.180. The number of benzene rings is 1. The predicted octanol–water partition coefficient (Wildman–Crippen LogP) is 0.692. The zero-order valence-electron chi connectivity index (χ0n) is 10.5. The van der Waals surface area contributed by atoms with Crippen LogP contribution in [0, 0.1) is 17.2 Å². The second-order valence-electron chi connectivity index (χ2n) is 4.12. The van der Waals surface area contributed by atoms with Crippen LogP contribution in [0.2, 0.25) is 0 Å². The summed E-state index contributed by atoms with van der Waals surface area (Å²) < 4.78 is 26.6. The highest BCUT2D eigenvalue weighted by atomic mass is 32.2. The van der Waals surface area contributed by atoms with Crippen molar-refractivity contribution in [3.05, 3.63) is 29.8 Å². The smallest absolute Gasteiger partial charge is 0.241 e. The van der Waals surface area contributed by atoms with Crippen LogP contribution in [0.4, 0.5) is 0 Å². The van der Waals surface area contributed by atoms with E-state index in [1.54, 1.807) is 12.1 Å². The molecule has 1 aromatic carbocycles. The maximum absolute atomic E-state index is 12.0. The number of rotatable bonds is 6. The van der Waals surface area contributed by atoms with Crippen LogP contribution in [0.25, 0.3) is 0 Å². The quantitative estimate of drug-likeness (QED) is 0.794. The summed E-state index contributed by atoms with van der Waals surface area (Å²) in [6.07, 6.45) is 0. The number of nitrogens with one attached hydrogen (secondary N) is 2. The maximum Gasteiger partial charge on any atom is 0.241 e. The number of hydrogen-bond donors (Lipinski definition) is 2. The van der Waals surface area contributed by atoms with Crippen LogP contribution in [0.3, 0.4) is 0 Å². The standard InChI is InChI=1S/C12H17N3O2S/c1-10(8-14-2)9-15-18(16,17)12-6-4-3-5-11(12)7-13/h3-6,10,14-15H,8-9H2,1-2H3. The van der Waals surface area contributed by atoms with E-state index >= 15 is 0 Å². The fourth-order valence-electron chi connectivity index (χ4n) is 1.54. The molecular formula is C12H17N3O2S. The Hall–Kier alpha value is -1.42. The van der Waals surface area contributed by atoms with Gasteiger partial charge in [0.2, 0.25) is 10.0 Å². The highest BCUT2D eigenvalue weighted by Gasteiger charge is 2.18. The summed E-state index contributed by atoms with van der Waals surface area (Å²) in [5.41, 5.74) is 0.159. The van der Waals surface area contributed by atoms with Crippen molar-refractivity contribution >= 4 is 10.0 Å². The van der Waals surface area contributed by atoms with E-state index in [2.05, 4.69) is 10.0 Å². The van der Waals surface area contributed by atoms with Gasteiger partial charge in [-0.1, -0.05) is 19.1 Å². The number of nitrogens with zero attached hydrogens (tertiary/aromatic N) is 1. The molecule has 0 aliphatic rings. The van der Waals surface area contributed by atoms with Crippen LogP contribution < -0.4 is 10.0 Å². The van der Waals surface area contributed by atoms with Gasteiger partial charge in [-0.2, -0.15) is 5.26 Å². The average molecular weight is 267 g/mol. The van der Waals surface area contributed by atoms with E-state index in [0.717, 1.165) is 6.54 Å². The van der Waals surface area contributed by atoms with Gasteiger partial charge in [-0.15, -0.1) is 0 Å².